The molecular formula is C19H15ClFN3O4. The van der Waals surface area contributed by atoms with Crippen LogP contribution in [0.1, 0.15) is 23.7 Å². The molecule has 1 aliphatic heterocycles. The van der Waals surface area contributed by atoms with Crippen molar-refractivity contribution < 1.29 is 23.6 Å². The maximum Gasteiger partial charge on any atom is 0.269 e. The molecule has 1 atom stereocenters. The maximum absolute atomic E-state index is 13.4. The highest BCUT2D eigenvalue weighted by molar-refractivity contribution is 6.31. The number of nitrogens with zero attached hydrogens (tertiary/aromatic N) is 2. The van der Waals surface area contributed by atoms with Crippen LogP contribution in [0, 0.1) is 5.82 Å². The molecule has 0 radical (unpaired) electrons. The van der Waals surface area contributed by atoms with Crippen molar-refractivity contribution in [1.29, 1.82) is 0 Å². The number of carbonyl (C=O) groups excluding carboxylic acids is 4. The number of rotatable bonds is 3. The first kappa shape index (κ1) is 19.5. The number of benzene rings is 2. The van der Waals surface area contributed by atoms with Gasteiger partial charge in [0.25, 0.3) is 11.8 Å². The molecule has 1 aliphatic rings. The number of hydrogen-bond acceptors (Lipinski definition) is 4. The smallest absolute Gasteiger partial charge is 0.269 e. The molecule has 28 heavy (non-hydrogen) atoms. The molecule has 1 heterocycles. The molecule has 3 rings (SSSR count). The Labute approximate surface area is 164 Å². The molecule has 2 aromatic rings. The second-order valence-corrected chi connectivity index (χ2v) is 6.49. The van der Waals surface area contributed by atoms with E-state index in [9.17, 15) is 23.6 Å². The Balaban J connectivity index is 1.85. The van der Waals surface area contributed by atoms with Gasteiger partial charge < -0.3 is 0 Å². The van der Waals surface area contributed by atoms with Crippen LogP contribution in [0.15, 0.2) is 48.5 Å². The molecule has 1 fully saturated rings. The van der Waals surface area contributed by atoms with Gasteiger partial charge in [-0.15, -0.1) is 0 Å². The summed E-state index contributed by atoms with van der Waals surface area (Å²) >= 11 is 5.73. The van der Waals surface area contributed by atoms with Gasteiger partial charge >= 0.3 is 0 Å². The van der Waals surface area contributed by atoms with Crippen molar-refractivity contribution in [2.75, 3.05) is 4.90 Å². The first-order valence-corrected chi connectivity index (χ1v) is 8.65. The Hall–Kier alpha value is -3.26. The second kappa shape index (κ2) is 7.77. The molecule has 0 saturated carbocycles. The van der Waals surface area contributed by atoms with Crippen LogP contribution in [0.5, 0.6) is 0 Å². The molecule has 9 heteroatoms. The maximum atomic E-state index is 13.4. The lowest BCUT2D eigenvalue weighted by Crippen LogP contribution is -2.54. The molecule has 0 spiro atoms. The topological polar surface area (TPSA) is 86.8 Å². The second-order valence-electron chi connectivity index (χ2n) is 6.08. The molecule has 0 aromatic heterocycles. The van der Waals surface area contributed by atoms with E-state index in [1.165, 1.54) is 13.0 Å². The van der Waals surface area contributed by atoms with Gasteiger partial charge in [0, 0.05) is 12.5 Å². The highest BCUT2D eigenvalue weighted by atomic mass is 35.5. The van der Waals surface area contributed by atoms with Crippen LogP contribution in [0.2, 0.25) is 5.02 Å². The monoisotopic (exact) mass is 403 g/mol. The summed E-state index contributed by atoms with van der Waals surface area (Å²) in [7, 11) is 0. The number of imide groups is 1. The number of halogens is 2. The number of nitrogens with one attached hydrogen (secondary N) is 1. The third kappa shape index (κ3) is 3.72. The van der Waals surface area contributed by atoms with E-state index in [4.69, 9.17) is 11.6 Å². The summed E-state index contributed by atoms with van der Waals surface area (Å²) in [5, 5.41) is 0.586. The largest absolute Gasteiger partial charge is 0.274 e. The fourth-order valence-electron chi connectivity index (χ4n) is 2.85. The van der Waals surface area contributed by atoms with E-state index < -0.39 is 35.5 Å². The molecule has 2 aromatic carbocycles. The summed E-state index contributed by atoms with van der Waals surface area (Å²) < 4.78 is 13.4. The minimum Gasteiger partial charge on any atom is -0.274 e. The molecule has 4 amide bonds. The van der Waals surface area contributed by atoms with Crippen LogP contribution in [-0.2, 0) is 14.4 Å². The normalized spacial score (nSPS) is 16.2. The lowest BCUT2D eigenvalue weighted by molar-refractivity contribution is -0.139. The van der Waals surface area contributed by atoms with E-state index in [0.717, 1.165) is 22.0 Å². The molecule has 7 nitrogen and oxygen atoms in total. The Morgan fingerprint density at radius 1 is 1.18 bits per heavy atom. The summed E-state index contributed by atoms with van der Waals surface area (Å²) in [5.41, 5.74) is 2.75. The number of carbonyl (C=O) groups is 4. The number of hydrazine groups is 1. The van der Waals surface area contributed by atoms with Gasteiger partial charge in [0.15, 0.2) is 0 Å². The number of anilines is 1. The van der Waals surface area contributed by atoms with Crippen LogP contribution in [0.4, 0.5) is 10.1 Å². The fraction of sp³-hybridized carbons (Fsp3) is 0.158. The Kier molecular flexibility index (Phi) is 5.41. The average Bonchev–Trinajstić information content (AvgIpc) is 2.96. The number of hydrogen-bond donors (Lipinski definition) is 1. The van der Waals surface area contributed by atoms with Crippen LogP contribution in [-0.4, -0.2) is 34.7 Å². The van der Waals surface area contributed by atoms with E-state index in [0.29, 0.717) is 0 Å². The van der Waals surface area contributed by atoms with Gasteiger partial charge in [0.05, 0.1) is 17.1 Å². The fourth-order valence-corrected chi connectivity index (χ4v) is 3.03. The zero-order valence-corrected chi connectivity index (χ0v) is 15.4. The van der Waals surface area contributed by atoms with Gasteiger partial charge in [-0.3, -0.25) is 24.6 Å². The summed E-state index contributed by atoms with van der Waals surface area (Å²) in [4.78, 5) is 50.4. The standard InChI is InChI=1S/C19H15ClFN3O4/c1-11(25)24(22-18(27)12-5-3-2-4-6-12)16-10-17(26)23(19(16)28)13-7-8-15(21)14(20)9-13/h2-9,16H,10H2,1H3,(H,22,27). The van der Waals surface area contributed by atoms with E-state index in [1.807, 2.05) is 0 Å². The zero-order valence-electron chi connectivity index (χ0n) is 14.7. The molecule has 144 valence electrons. The van der Waals surface area contributed by atoms with Gasteiger partial charge in [-0.2, -0.15) is 0 Å². The Morgan fingerprint density at radius 3 is 2.46 bits per heavy atom. The predicted octanol–water partition coefficient (Wildman–Crippen LogP) is 2.30. The SMILES string of the molecule is CC(=O)N(NC(=O)c1ccccc1)C1CC(=O)N(c2ccc(F)c(Cl)c2)C1=O. The molecule has 1 saturated heterocycles. The molecule has 0 bridgehead atoms. The highest BCUT2D eigenvalue weighted by Crippen LogP contribution is 2.28. The van der Waals surface area contributed by atoms with Crippen molar-refractivity contribution in [3.05, 3.63) is 64.9 Å². The van der Waals surface area contributed by atoms with Crippen molar-refractivity contribution in [3.8, 4) is 0 Å². The Bertz CT molecular complexity index is 967. The van der Waals surface area contributed by atoms with Crippen molar-refractivity contribution in [1.82, 2.24) is 10.4 Å². The Morgan fingerprint density at radius 2 is 1.86 bits per heavy atom. The minimum absolute atomic E-state index is 0.0850. The first-order chi connectivity index (χ1) is 13.3. The van der Waals surface area contributed by atoms with Crippen LogP contribution >= 0.6 is 11.6 Å². The highest BCUT2D eigenvalue weighted by Gasteiger charge is 2.44. The van der Waals surface area contributed by atoms with Gasteiger partial charge in [-0.25, -0.2) is 14.3 Å². The molecule has 1 N–H and O–H groups in total. The zero-order chi connectivity index (χ0) is 20.4. The van der Waals surface area contributed by atoms with Crippen LogP contribution in [0.3, 0.4) is 0 Å². The molecule has 1 unspecified atom stereocenters. The summed E-state index contributed by atoms with van der Waals surface area (Å²) in [6, 6.07) is 10.3. The van der Waals surface area contributed by atoms with Crippen molar-refractivity contribution in [3.63, 3.8) is 0 Å². The summed E-state index contributed by atoms with van der Waals surface area (Å²) in [6.45, 7) is 1.17. The van der Waals surface area contributed by atoms with Gasteiger partial charge in [-0.1, -0.05) is 29.8 Å². The van der Waals surface area contributed by atoms with E-state index >= 15 is 0 Å². The van der Waals surface area contributed by atoms with Crippen LogP contribution < -0.4 is 10.3 Å². The van der Waals surface area contributed by atoms with E-state index in [1.54, 1.807) is 30.3 Å². The third-order valence-electron chi connectivity index (χ3n) is 4.19. The average molecular weight is 404 g/mol. The minimum atomic E-state index is -1.22. The van der Waals surface area contributed by atoms with Crippen molar-refractivity contribution in [2.24, 2.45) is 0 Å². The van der Waals surface area contributed by atoms with Gasteiger partial charge in [0.1, 0.15) is 11.9 Å². The summed E-state index contributed by atoms with van der Waals surface area (Å²) in [5.74, 6) is -3.23. The molecule has 0 aliphatic carbocycles. The van der Waals surface area contributed by atoms with E-state index in [2.05, 4.69) is 5.43 Å². The lowest BCUT2D eigenvalue weighted by Gasteiger charge is -2.26. The molecular weight excluding hydrogens is 389 g/mol. The predicted molar refractivity (Wildman–Crippen MR) is 98.7 cm³/mol. The number of amides is 4. The third-order valence-corrected chi connectivity index (χ3v) is 4.48. The van der Waals surface area contributed by atoms with Crippen molar-refractivity contribution >= 4 is 40.9 Å². The van der Waals surface area contributed by atoms with E-state index in [-0.39, 0.29) is 22.7 Å². The lowest BCUT2D eigenvalue weighted by atomic mass is 10.2. The summed E-state index contributed by atoms with van der Waals surface area (Å²) in [6.07, 6.45) is -0.331. The quantitative estimate of drug-likeness (QED) is 0.629. The van der Waals surface area contributed by atoms with Crippen LogP contribution in [0.25, 0.3) is 0 Å². The van der Waals surface area contributed by atoms with Gasteiger partial charge in [-0.05, 0) is 30.3 Å². The van der Waals surface area contributed by atoms with Gasteiger partial charge in [0.2, 0.25) is 11.8 Å². The first-order valence-electron chi connectivity index (χ1n) is 8.27. The van der Waals surface area contributed by atoms with Crippen molar-refractivity contribution in [2.45, 2.75) is 19.4 Å².